The molecule has 0 radical (unpaired) electrons. The molecule has 0 unspecified atom stereocenters. The first-order valence-corrected chi connectivity index (χ1v) is 6.58. The summed E-state index contributed by atoms with van der Waals surface area (Å²) in [5.41, 5.74) is 0.673. The minimum Gasteiger partial charge on any atom is -0.354 e. The van der Waals surface area contributed by atoms with Crippen LogP contribution in [-0.4, -0.2) is 24.0 Å². The number of carbonyl (C=O) groups excluding carboxylic acids is 2. The number of hydrogen-bond acceptors (Lipinski definition) is 3. The molecule has 0 atom stereocenters. The van der Waals surface area contributed by atoms with Gasteiger partial charge in [0.05, 0.1) is 0 Å². The highest BCUT2D eigenvalue weighted by molar-refractivity contribution is 7.99. The van der Waals surface area contributed by atoms with E-state index in [4.69, 9.17) is 0 Å². The standard InChI is InChI=1S/C13H17NO2S/c1-10(2)14-13(16)7-8-17-12-5-3-11(9-15)4-6-12/h3-6,9-10H,7-8H2,1-2H3,(H,14,16). The first-order chi connectivity index (χ1) is 8.11. The molecule has 0 fully saturated rings. The van der Waals surface area contributed by atoms with Crippen LogP contribution in [-0.2, 0) is 4.79 Å². The summed E-state index contributed by atoms with van der Waals surface area (Å²) in [7, 11) is 0. The van der Waals surface area contributed by atoms with Gasteiger partial charge in [0.1, 0.15) is 6.29 Å². The zero-order chi connectivity index (χ0) is 12.7. The van der Waals surface area contributed by atoms with E-state index in [9.17, 15) is 9.59 Å². The molecule has 0 aliphatic heterocycles. The molecule has 0 aliphatic rings. The van der Waals surface area contributed by atoms with Crippen molar-refractivity contribution in [1.82, 2.24) is 5.32 Å². The topological polar surface area (TPSA) is 46.2 Å². The maximum Gasteiger partial charge on any atom is 0.221 e. The van der Waals surface area contributed by atoms with E-state index in [1.165, 1.54) is 0 Å². The van der Waals surface area contributed by atoms with Crippen molar-refractivity contribution < 1.29 is 9.59 Å². The van der Waals surface area contributed by atoms with E-state index in [0.29, 0.717) is 12.0 Å². The summed E-state index contributed by atoms with van der Waals surface area (Å²) < 4.78 is 0. The van der Waals surface area contributed by atoms with Crippen molar-refractivity contribution in [2.75, 3.05) is 5.75 Å². The predicted octanol–water partition coefficient (Wildman–Crippen LogP) is 2.51. The van der Waals surface area contributed by atoms with Crippen LogP contribution in [0.15, 0.2) is 29.2 Å². The summed E-state index contributed by atoms with van der Waals surface area (Å²) in [6, 6.07) is 7.55. The molecule has 0 spiro atoms. The Hall–Kier alpha value is -1.29. The average Bonchev–Trinajstić information content (AvgIpc) is 2.29. The number of benzene rings is 1. The summed E-state index contributed by atoms with van der Waals surface area (Å²) in [5.74, 6) is 0.830. The normalized spacial score (nSPS) is 10.3. The third kappa shape index (κ3) is 5.54. The van der Waals surface area contributed by atoms with Crippen molar-refractivity contribution in [2.45, 2.75) is 31.2 Å². The smallest absolute Gasteiger partial charge is 0.221 e. The molecule has 0 bridgehead atoms. The average molecular weight is 251 g/mol. The second-order valence-corrected chi connectivity index (χ2v) is 5.18. The van der Waals surface area contributed by atoms with Gasteiger partial charge in [0.25, 0.3) is 0 Å². The molecule has 0 saturated heterocycles. The van der Waals surface area contributed by atoms with Crippen LogP contribution in [0.5, 0.6) is 0 Å². The van der Waals surface area contributed by atoms with Crippen molar-refractivity contribution >= 4 is 24.0 Å². The molecule has 92 valence electrons. The minimum absolute atomic E-state index is 0.0806. The number of carbonyl (C=O) groups is 2. The number of amides is 1. The Labute approximate surface area is 106 Å². The number of nitrogens with one attached hydrogen (secondary N) is 1. The molecule has 0 saturated carbocycles. The van der Waals surface area contributed by atoms with E-state index in [1.807, 2.05) is 26.0 Å². The third-order valence-corrected chi connectivity index (χ3v) is 3.08. The molecule has 1 N–H and O–H groups in total. The van der Waals surface area contributed by atoms with Crippen LogP contribution in [0.3, 0.4) is 0 Å². The van der Waals surface area contributed by atoms with Crippen molar-refractivity contribution in [2.24, 2.45) is 0 Å². The Morgan fingerprint density at radius 2 is 2.00 bits per heavy atom. The highest BCUT2D eigenvalue weighted by Gasteiger charge is 2.03. The van der Waals surface area contributed by atoms with Gasteiger partial charge in [-0.1, -0.05) is 12.1 Å². The fourth-order valence-corrected chi connectivity index (χ4v) is 2.15. The second-order valence-electron chi connectivity index (χ2n) is 4.01. The molecule has 17 heavy (non-hydrogen) atoms. The van der Waals surface area contributed by atoms with Gasteiger partial charge in [-0.15, -0.1) is 11.8 Å². The van der Waals surface area contributed by atoms with E-state index >= 15 is 0 Å². The molecule has 0 aliphatic carbocycles. The van der Waals surface area contributed by atoms with Crippen molar-refractivity contribution in [3.8, 4) is 0 Å². The highest BCUT2D eigenvalue weighted by atomic mass is 32.2. The molecule has 1 aromatic rings. The van der Waals surface area contributed by atoms with Crippen molar-refractivity contribution in [1.29, 1.82) is 0 Å². The third-order valence-electron chi connectivity index (χ3n) is 2.06. The summed E-state index contributed by atoms with van der Waals surface area (Å²) in [6.45, 7) is 3.90. The van der Waals surface area contributed by atoms with Crippen LogP contribution in [0, 0.1) is 0 Å². The molecule has 4 heteroatoms. The van der Waals surface area contributed by atoms with Gasteiger partial charge in [-0.2, -0.15) is 0 Å². The van der Waals surface area contributed by atoms with Crippen LogP contribution in [0.4, 0.5) is 0 Å². The van der Waals surface area contributed by atoms with Gasteiger partial charge in [-0.3, -0.25) is 9.59 Å². The van der Waals surface area contributed by atoms with Gasteiger partial charge in [-0.25, -0.2) is 0 Å². The second kappa shape index (κ2) is 7.12. The molecule has 3 nitrogen and oxygen atoms in total. The predicted molar refractivity (Wildman–Crippen MR) is 70.4 cm³/mol. The highest BCUT2D eigenvalue weighted by Crippen LogP contribution is 2.18. The molecule has 1 rings (SSSR count). The van der Waals surface area contributed by atoms with Gasteiger partial charge < -0.3 is 5.32 Å². The SMILES string of the molecule is CC(C)NC(=O)CCSc1ccc(C=O)cc1. The van der Waals surface area contributed by atoms with Crippen molar-refractivity contribution in [3.63, 3.8) is 0 Å². The van der Waals surface area contributed by atoms with Crippen molar-refractivity contribution in [3.05, 3.63) is 29.8 Å². The fraction of sp³-hybridized carbons (Fsp3) is 0.385. The molecule has 0 heterocycles. The Balaban J connectivity index is 2.30. The molecular formula is C13H17NO2S. The zero-order valence-electron chi connectivity index (χ0n) is 10.1. The first kappa shape index (κ1) is 13.8. The first-order valence-electron chi connectivity index (χ1n) is 5.59. The minimum atomic E-state index is 0.0806. The quantitative estimate of drug-likeness (QED) is 0.624. The Morgan fingerprint density at radius 1 is 1.35 bits per heavy atom. The lowest BCUT2D eigenvalue weighted by Crippen LogP contribution is -2.30. The Bertz CT molecular complexity index is 374. The van der Waals surface area contributed by atoms with Gasteiger partial charge in [0.15, 0.2) is 0 Å². The lowest BCUT2D eigenvalue weighted by molar-refractivity contribution is -0.121. The fourth-order valence-electron chi connectivity index (χ4n) is 1.30. The Kier molecular flexibility index (Phi) is 5.77. The Morgan fingerprint density at radius 3 is 2.53 bits per heavy atom. The molecule has 0 aromatic heterocycles. The number of hydrogen-bond donors (Lipinski definition) is 1. The van der Waals surface area contributed by atoms with Crippen LogP contribution < -0.4 is 5.32 Å². The van der Waals surface area contributed by atoms with E-state index in [0.717, 1.165) is 16.9 Å². The van der Waals surface area contributed by atoms with Gasteiger partial charge in [0, 0.05) is 28.7 Å². The lowest BCUT2D eigenvalue weighted by atomic mass is 10.2. The van der Waals surface area contributed by atoms with E-state index in [-0.39, 0.29) is 11.9 Å². The van der Waals surface area contributed by atoms with E-state index in [2.05, 4.69) is 5.32 Å². The number of thioether (sulfide) groups is 1. The number of rotatable bonds is 6. The molecule has 1 aromatic carbocycles. The van der Waals surface area contributed by atoms with Crippen LogP contribution in [0.25, 0.3) is 0 Å². The summed E-state index contributed by atoms with van der Waals surface area (Å²) in [5, 5.41) is 2.85. The van der Waals surface area contributed by atoms with Crippen LogP contribution in [0.2, 0.25) is 0 Å². The summed E-state index contributed by atoms with van der Waals surface area (Å²) >= 11 is 1.62. The van der Waals surface area contributed by atoms with Gasteiger partial charge >= 0.3 is 0 Å². The zero-order valence-corrected chi connectivity index (χ0v) is 10.9. The summed E-state index contributed by atoms with van der Waals surface area (Å²) in [4.78, 5) is 22.9. The lowest BCUT2D eigenvalue weighted by Gasteiger charge is -2.07. The van der Waals surface area contributed by atoms with Gasteiger partial charge in [-0.05, 0) is 26.0 Å². The molecule has 1 amide bonds. The van der Waals surface area contributed by atoms with Gasteiger partial charge in [0.2, 0.25) is 5.91 Å². The number of aldehydes is 1. The largest absolute Gasteiger partial charge is 0.354 e. The van der Waals surface area contributed by atoms with E-state index in [1.54, 1.807) is 23.9 Å². The monoisotopic (exact) mass is 251 g/mol. The molecular weight excluding hydrogens is 234 g/mol. The maximum atomic E-state index is 11.4. The van der Waals surface area contributed by atoms with Crippen LogP contribution in [0.1, 0.15) is 30.6 Å². The van der Waals surface area contributed by atoms with Crippen LogP contribution >= 0.6 is 11.8 Å². The van der Waals surface area contributed by atoms with E-state index < -0.39 is 0 Å². The summed E-state index contributed by atoms with van der Waals surface area (Å²) in [6.07, 6.45) is 1.34. The maximum absolute atomic E-state index is 11.4.